The van der Waals surface area contributed by atoms with Crippen LogP contribution in [0.1, 0.15) is 6.42 Å². The van der Waals surface area contributed by atoms with Gasteiger partial charge in [-0.3, -0.25) is 0 Å². The van der Waals surface area contributed by atoms with Crippen LogP contribution in [-0.2, 0) is 14.9 Å². The molecule has 2 aliphatic rings. The summed E-state index contributed by atoms with van der Waals surface area (Å²) >= 11 is 0. The maximum Gasteiger partial charge on any atom is 0.331 e. The lowest BCUT2D eigenvalue weighted by Gasteiger charge is -2.27. The van der Waals surface area contributed by atoms with Crippen LogP contribution in [0.15, 0.2) is 36.4 Å². The summed E-state index contributed by atoms with van der Waals surface area (Å²) in [6.45, 7) is 1.66. The molecule has 0 unspecified atom stereocenters. The van der Waals surface area contributed by atoms with Crippen molar-refractivity contribution in [1.82, 2.24) is 5.32 Å². The second-order valence-corrected chi connectivity index (χ2v) is 8.21. The Kier molecular flexibility index (Phi) is 6.32. The fourth-order valence-corrected chi connectivity index (χ4v) is 5.21. The minimum absolute atomic E-state index is 0. The van der Waals surface area contributed by atoms with Gasteiger partial charge in [0.15, 0.2) is 11.6 Å². The summed E-state index contributed by atoms with van der Waals surface area (Å²) in [6, 6.07) is 6.78. The van der Waals surface area contributed by atoms with Crippen molar-refractivity contribution in [2.24, 2.45) is 0 Å². The molecule has 4 rings (SSSR count). The Labute approximate surface area is 173 Å². The van der Waals surface area contributed by atoms with E-state index in [2.05, 4.69) is 5.32 Å². The van der Waals surface area contributed by atoms with Crippen LogP contribution in [-0.4, -0.2) is 40.8 Å². The molecule has 0 aromatic heterocycles. The highest BCUT2D eigenvalue weighted by molar-refractivity contribution is 7.95. The maximum atomic E-state index is 14.6. The van der Waals surface area contributed by atoms with Gasteiger partial charge in [-0.05, 0) is 30.7 Å². The van der Waals surface area contributed by atoms with Crippen molar-refractivity contribution in [3.63, 3.8) is 0 Å². The molecule has 0 saturated carbocycles. The summed E-state index contributed by atoms with van der Waals surface area (Å²) in [5.41, 5.74) is -1.12. The monoisotopic (exact) mass is 447 g/mol. The Hall–Kier alpha value is -1.95. The van der Waals surface area contributed by atoms with Gasteiger partial charge in [-0.1, -0.05) is 12.1 Å². The van der Waals surface area contributed by atoms with Crippen LogP contribution in [0.25, 0.3) is 0 Å². The first-order valence-corrected chi connectivity index (χ1v) is 10.2. The Balaban J connectivity index is 0.00000240. The molecule has 29 heavy (non-hydrogen) atoms. The molecule has 0 spiro atoms. The predicted molar refractivity (Wildman–Crippen MR) is 109 cm³/mol. The number of halogens is 3. The molecule has 6 nitrogen and oxygen atoms in total. The number of hydrogen-bond donors (Lipinski definition) is 1. The van der Waals surface area contributed by atoms with Crippen molar-refractivity contribution >= 4 is 40.8 Å². The van der Waals surface area contributed by atoms with Gasteiger partial charge in [-0.25, -0.2) is 21.8 Å². The van der Waals surface area contributed by atoms with E-state index in [0.29, 0.717) is 30.4 Å². The smallest absolute Gasteiger partial charge is 0.331 e. The lowest BCUT2D eigenvalue weighted by molar-refractivity contribution is 0.0253. The topological polar surface area (TPSA) is 61.9 Å². The number of rotatable bonds is 4. The van der Waals surface area contributed by atoms with E-state index in [1.54, 1.807) is 0 Å². The highest BCUT2D eigenvalue weighted by Crippen LogP contribution is 2.48. The van der Waals surface area contributed by atoms with E-state index in [4.69, 9.17) is 4.74 Å². The highest BCUT2D eigenvalue weighted by Gasteiger charge is 2.45. The van der Waals surface area contributed by atoms with Crippen molar-refractivity contribution in [1.29, 1.82) is 0 Å². The van der Waals surface area contributed by atoms with Crippen molar-refractivity contribution in [3.8, 4) is 0 Å². The van der Waals surface area contributed by atoms with Gasteiger partial charge in [0.25, 0.3) is 0 Å². The molecular weight excluding hydrogens is 427 g/mol. The number of para-hydroxylation sites is 2. The largest absolute Gasteiger partial charge is 0.376 e. The van der Waals surface area contributed by atoms with E-state index in [9.17, 15) is 21.6 Å². The fraction of sp³-hybridized carbons (Fsp3) is 0.333. The van der Waals surface area contributed by atoms with Crippen molar-refractivity contribution in [2.45, 2.75) is 12.5 Å². The first kappa shape index (κ1) is 21.8. The minimum atomic E-state index is -4.44. The summed E-state index contributed by atoms with van der Waals surface area (Å²) in [5.74, 6) is -2.90. The van der Waals surface area contributed by atoms with E-state index in [1.807, 2.05) is 0 Å². The Morgan fingerprint density at radius 2 is 1.66 bits per heavy atom. The van der Waals surface area contributed by atoms with Crippen molar-refractivity contribution in [2.75, 3.05) is 34.9 Å². The molecule has 1 N–H and O–H groups in total. The van der Waals surface area contributed by atoms with E-state index >= 15 is 0 Å². The Morgan fingerprint density at radius 1 is 1.03 bits per heavy atom. The zero-order valence-corrected chi connectivity index (χ0v) is 17.1. The lowest BCUT2D eigenvalue weighted by atomic mass is 10.2. The highest BCUT2D eigenvalue weighted by atomic mass is 32.2. The molecule has 2 aromatic carbocycles. The summed E-state index contributed by atoms with van der Waals surface area (Å²) in [5, 5.41) is 3.13. The second-order valence-electron chi connectivity index (χ2n) is 6.51. The molecule has 0 radical (unpaired) electrons. The number of ether oxygens (including phenoxy) is 1. The minimum Gasteiger partial charge on any atom is -0.376 e. The number of anilines is 3. The van der Waals surface area contributed by atoms with Gasteiger partial charge in [0.1, 0.15) is 17.2 Å². The normalized spacial score (nSPS) is 20.3. The van der Waals surface area contributed by atoms with E-state index in [-0.39, 0.29) is 37.5 Å². The van der Waals surface area contributed by atoms with Gasteiger partial charge in [0.05, 0.1) is 18.4 Å². The van der Waals surface area contributed by atoms with Crippen LogP contribution in [0, 0.1) is 17.5 Å². The third-order valence-corrected chi connectivity index (χ3v) is 6.50. The number of benzene rings is 2. The molecule has 158 valence electrons. The Morgan fingerprint density at radius 3 is 2.28 bits per heavy atom. The first-order valence-electron chi connectivity index (χ1n) is 8.79. The van der Waals surface area contributed by atoms with E-state index in [1.165, 1.54) is 12.1 Å². The first-order chi connectivity index (χ1) is 13.4. The summed E-state index contributed by atoms with van der Waals surface area (Å²) < 4.78 is 76.6. The molecule has 1 fully saturated rings. The van der Waals surface area contributed by atoms with Gasteiger partial charge < -0.3 is 10.1 Å². The van der Waals surface area contributed by atoms with Crippen LogP contribution in [0.3, 0.4) is 0 Å². The second kappa shape index (κ2) is 8.42. The van der Waals surface area contributed by atoms with Gasteiger partial charge >= 0.3 is 10.2 Å². The Bertz CT molecular complexity index is 981. The summed E-state index contributed by atoms with van der Waals surface area (Å²) in [6.07, 6.45) is 0.0616. The third kappa shape index (κ3) is 3.79. The number of fused-ring (bicyclic) bond motifs is 1. The van der Waals surface area contributed by atoms with Crippen LogP contribution < -0.4 is 13.9 Å². The predicted octanol–water partition coefficient (Wildman–Crippen LogP) is 2.80. The molecule has 0 bridgehead atoms. The summed E-state index contributed by atoms with van der Waals surface area (Å²) in [4.78, 5) is 0. The molecule has 2 aromatic rings. The molecule has 1 saturated heterocycles. The standard InChI is InChI=1S/C18H18F3N3O3S.H2S/c19-13-3-1-4-14(20)17(13)24-16-6-2-5-15(21)18(16)23(28(24,25)26)9-7-12-11-22-8-10-27-12;/h1-6,12,22H,7-11H2;1H2/t12-;/m0./s1. The third-order valence-electron chi connectivity index (χ3n) is 4.74. The average molecular weight is 448 g/mol. The molecule has 2 heterocycles. The average Bonchev–Trinajstić information content (AvgIpc) is 2.89. The van der Waals surface area contributed by atoms with Gasteiger partial charge in [-0.15, -0.1) is 0 Å². The quantitative estimate of drug-likeness (QED) is 0.783. The molecular formula is C18H20F3N3O3S2. The summed E-state index contributed by atoms with van der Waals surface area (Å²) in [7, 11) is -4.44. The number of nitrogens with zero attached hydrogens (tertiary/aromatic N) is 2. The molecule has 11 heteroatoms. The maximum absolute atomic E-state index is 14.6. The zero-order valence-electron chi connectivity index (χ0n) is 15.2. The van der Waals surface area contributed by atoms with E-state index < -0.39 is 33.3 Å². The van der Waals surface area contributed by atoms with Gasteiger partial charge in [0.2, 0.25) is 0 Å². The lowest BCUT2D eigenvalue weighted by Crippen LogP contribution is -2.42. The fourth-order valence-electron chi connectivity index (χ4n) is 3.47. The van der Waals surface area contributed by atoms with Crippen LogP contribution in [0.5, 0.6) is 0 Å². The van der Waals surface area contributed by atoms with Crippen LogP contribution in [0.4, 0.5) is 30.2 Å². The SMILES string of the molecule is O=S1(=O)N(CC[C@H]2CNCCO2)c2c(F)cccc2N1c1c(F)cccc1F.S. The molecule has 0 amide bonds. The van der Waals surface area contributed by atoms with Crippen LogP contribution in [0.2, 0.25) is 0 Å². The number of morpholine rings is 1. The van der Waals surface area contributed by atoms with Gasteiger partial charge in [0, 0.05) is 19.6 Å². The number of nitrogens with one attached hydrogen (secondary N) is 1. The zero-order chi connectivity index (χ0) is 19.9. The van der Waals surface area contributed by atoms with Crippen molar-refractivity contribution in [3.05, 3.63) is 53.8 Å². The van der Waals surface area contributed by atoms with Gasteiger partial charge in [-0.2, -0.15) is 21.9 Å². The van der Waals surface area contributed by atoms with Crippen molar-refractivity contribution < 1.29 is 26.3 Å². The molecule has 2 aliphatic heterocycles. The molecule has 0 aliphatic carbocycles. The number of hydrogen-bond acceptors (Lipinski definition) is 4. The van der Waals surface area contributed by atoms with E-state index in [0.717, 1.165) is 28.6 Å². The van der Waals surface area contributed by atoms with Crippen LogP contribution >= 0.6 is 13.5 Å². The molecule has 1 atom stereocenters.